The summed E-state index contributed by atoms with van der Waals surface area (Å²) in [5, 5.41) is 7.90. The first-order chi connectivity index (χ1) is 17.8. The Morgan fingerprint density at radius 2 is 1.95 bits per heavy atom. The van der Waals surface area contributed by atoms with E-state index in [9.17, 15) is 19.2 Å². The third kappa shape index (κ3) is 6.45. The molecule has 3 N–H and O–H groups in total. The van der Waals surface area contributed by atoms with E-state index in [2.05, 4.69) is 27.8 Å². The number of fused-ring (bicyclic) bond motifs is 1. The van der Waals surface area contributed by atoms with Crippen LogP contribution in [-0.4, -0.2) is 74.4 Å². The summed E-state index contributed by atoms with van der Waals surface area (Å²) in [4.78, 5) is 52.9. The minimum Gasteiger partial charge on any atom is -0.489 e. The van der Waals surface area contributed by atoms with E-state index in [4.69, 9.17) is 4.74 Å². The van der Waals surface area contributed by atoms with Gasteiger partial charge < -0.3 is 25.6 Å². The van der Waals surface area contributed by atoms with Crippen LogP contribution in [0.1, 0.15) is 24.1 Å². The summed E-state index contributed by atoms with van der Waals surface area (Å²) in [6.07, 6.45) is 0. The molecule has 0 aromatic heterocycles. The van der Waals surface area contributed by atoms with Gasteiger partial charge in [0.2, 0.25) is 5.91 Å². The Kier molecular flexibility index (Phi) is 8.05. The molecular formula is C27H29N5O5. The Hall–Kier alpha value is -4.36. The molecule has 2 aromatic carbocycles. The molecule has 0 saturated carbocycles. The summed E-state index contributed by atoms with van der Waals surface area (Å²) in [5.41, 5.74) is 2.04. The van der Waals surface area contributed by atoms with Gasteiger partial charge >= 0.3 is 11.8 Å². The summed E-state index contributed by atoms with van der Waals surface area (Å²) in [6.45, 7) is 3.77. The molecule has 10 nitrogen and oxygen atoms in total. The monoisotopic (exact) mass is 503 g/mol. The van der Waals surface area contributed by atoms with Crippen LogP contribution in [0.3, 0.4) is 0 Å². The van der Waals surface area contributed by atoms with Crippen LogP contribution in [0, 0.1) is 11.8 Å². The number of rotatable bonds is 4. The second kappa shape index (κ2) is 11.6. The first-order valence-electron chi connectivity index (χ1n) is 12.0. The lowest BCUT2D eigenvalue weighted by atomic mass is 10.1. The highest BCUT2D eigenvalue weighted by Crippen LogP contribution is 2.31. The fourth-order valence-corrected chi connectivity index (χ4v) is 4.07. The molecule has 2 aromatic rings. The number of hydrogen-bond acceptors (Lipinski definition) is 6. The number of carbonyl (C=O) groups is 4. The minimum absolute atomic E-state index is 0.0137. The number of ether oxygens (including phenoxy) is 1. The second-order valence-corrected chi connectivity index (χ2v) is 8.89. The third-order valence-corrected chi connectivity index (χ3v) is 6.17. The molecule has 1 saturated heterocycles. The van der Waals surface area contributed by atoms with Gasteiger partial charge in [0.25, 0.3) is 5.91 Å². The van der Waals surface area contributed by atoms with Gasteiger partial charge in [-0.3, -0.25) is 24.1 Å². The number of hydrogen-bond donors (Lipinski definition) is 3. The molecule has 2 heterocycles. The first kappa shape index (κ1) is 25.7. The Morgan fingerprint density at radius 3 is 2.70 bits per heavy atom. The van der Waals surface area contributed by atoms with E-state index in [1.54, 1.807) is 32.2 Å². The molecule has 4 amide bonds. The highest BCUT2D eigenvalue weighted by molar-refractivity contribution is 6.35. The molecule has 192 valence electrons. The maximum absolute atomic E-state index is 13.1. The van der Waals surface area contributed by atoms with E-state index >= 15 is 0 Å². The van der Waals surface area contributed by atoms with Gasteiger partial charge in [-0.2, -0.15) is 0 Å². The number of piperazine rings is 1. The Balaban J connectivity index is 1.37. The van der Waals surface area contributed by atoms with Crippen LogP contribution in [0.25, 0.3) is 0 Å². The van der Waals surface area contributed by atoms with Crippen LogP contribution in [0.15, 0.2) is 48.5 Å². The van der Waals surface area contributed by atoms with Crippen molar-refractivity contribution in [1.82, 2.24) is 20.9 Å². The molecule has 0 unspecified atom stereocenters. The zero-order chi connectivity index (χ0) is 26.4. The number of benzene rings is 2. The predicted octanol–water partition coefficient (Wildman–Crippen LogP) is 0.187. The third-order valence-electron chi connectivity index (χ3n) is 6.17. The maximum Gasteiger partial charge on any atom is 0.310 e. The van der Waals surface area contributed by atoms with E-state index in [1.807, 2.05) is 35.2 Å². The number of carbonyl (C=O) groups excluding carboxylic acids is 4. The fraction of sp³-hybridized carbons (Fsp3) is 0.333. The highest BCUT2D eigenvalue weighted by atomic mass is 16.5. The van der Waals surface area contributed by atoms with Gasteiger partial charge in [-0.1, -0.05) is 42.2 Å². The van der Waals surface area contributed by atoms with Crippen LogP contribution in [0.5, 0.6) is 5.75 Å². The molecule has 4 rings (SSSR count). The number of nitrogens with zero attached hydrogens (tertiary/aromatic N) is 2. The van der Waals surface area contributed by atoms with Gasteiger partial charge in [-0.15, -0.1) is 0 Å². The quantitative estimate of drug-likeness (QED) is 0.405. The zero-order valence-corrected chi connectivity index (χ0v) is 20.7. The summed E-state index contributed by atoms with van der Waals surface area (Å²) >= 11 is 0. The van der Waals surface area contributed by atoms with Gasteiger partial charge in [0.1, 0.15) is 18.4 Å². The second-order valence-electron chi connectivity index (χ2n) is 8.89. The van der Waals surface area contributed by atoms with Gasteiger partial charge in [-0.05, 0) is 30.7 Å². The molecule has 2 aliphatic heterocycles. The molecule has 0 bridgehead atoms. The fourth-order valence-electron chi connectivity index (χ4n) is 4.07. The summed E-state index contributed by atoms with van der Waals surface area (Å²) in [7, 11) is 1.58. The molecule has 0 radical (unpaired) electrons. The SMILES string of the molecule is C[C@@H](NC(=O)C(=O)N[C@H]1COc2ccc(C#CCN3CCNC(=O)C3)cc2N(C)C1=O)c1ccccc1. The molecule has 2 aliphatic rings. The average molecular weight is 504 g/mol. The molecule has 0 aliphatic carbocycles. The van der Waals surface area contributed by atoms with Crippen molar-refractivity contribution in [2.45, 2.75) is 19.0 Å². The summed E-state index contributed by atoms with van der Waals surface area (Å²) in [5.74, 6) is 4.41. The van der Waals surface area contributed by atoms with Crippen LogP contribution >= 0.6 is 0 Å². The van der Waals surface area contributed by atoms with Gasteiger partial charge in [-0.25, -0.2) is 0 Å². The van der Waals surface area contributed by atoms with Crippen molar-refractivity contribution in [2.24, 2.45) is 0 Å². The first-order valence-corrected chi connectivity index (χ1v) is 12.0. The maximum atomic E-state index is 13.1. The van der Waals surface area contributed by atoms with E-state index in [0.717, 1.165) is 12.1 Å². The molecule has 0 spiro atoms. The smallest absolute Gasteiger partial charge is 0.310 e. The number of likely N-dealkylation sites (N-methyl/N-ethyl adjacent to an activating group) is 1. The molecule has 37 heavy (non-hydrogen) atoms. The van der Waals surface area contributed by atoms with E-state index < -0.39 is 23.8 Å². The van der Waals surface area contributed by atoms with Crippen molar-refractivity contribution in [1.29, 1.82) is 0 Å². The standard InChI is InChI=1S/C27H29N5O5/c1-18(20-8-4-3-5-9-20)29-25(34)26(35)30-21-17-37-23-11-10-19(15-22(23)31(2)27(21)36)7-6-13-32-14-12-28-24(33)16-32/h3-5,8-11,15,18,21H,12-14,16-17H2,1-2H3,(H,28,33)(H,29,34)(H,30,35)/t18-,21+/m1/s1. The van der Waals surface area contributed by atoms with Gasteiger partial charge in [0.05, 0.1) is 24.8 Å². The predicted molar refractivity (Wildman–Crippen MR) is 137 cm³/mol. The van der Waals surface area contributed by atoms with Crippen LogP contribution in [-0.2, 0) is 19.2 Å². The largest absolute Gasteiger partial charge is 0.489 e. The highest BCUT2D eigenvalue weighted by Gasteiger charge is 2.32. The van der Waals surface area contributed by atoms with Crippen LogP contribution < -0.4 is 25.6 Å². The lowest BCUT2D eigenvalue weighted by Gasteiger charge is -2.24. The van der Waals surface area contributed by atoms with Crippen LogP contribution in [0.2, 0.25) is 0 Å². The van der Waals surface area contributed by atoms with Gasteiger partial charge in [0, 0.05) is 25.7 Å². The van der Waals surface area contributed by atoms with Crippen molar-refractivity contribution in [2.75, 3.05) is 44.7 Å². The molecule has 2 atom stereocenters. The van der Waals surface area contributed by atoms with Crippen molar-refractivity contribution < 1.29 is 23.9 Å². The lowest BCUT2D eigenvalue weighted by Crippen LogP contribution is -2.53. The Morgan fingerprint density at radius 1 is 1.16 bits per heavy atom. The van der Waals surface area contributed by atoms with Gasteiger partial charge in [0.15, 0.2) is 0 Å². The average Bonchev–Trinajstić information content (AvgIpc) is 3.01. The molecule has 1 fully saturated rings. The van der Waals surface area contributed by atoms with Crippen LogP contribution in [0.4, 0.5) is 5.69 Å². The number of nitrogens with one attached hydrogen (secondary N) is 3. The van der Waals surface area contributed by atoms with E-state index in [0.29, 0.717) is 36.6 Å². The zero-order valence-electron chi connectivity index (χ0n) is 20.7. The lowest BCUT2D eigenvalue weighted by molar-refractivity contribution is -0.141. The molecular weight excluding hydrogens is 474 g/mol. The van der Waals surface area contributed by atoms with Crippen molar-refractivity contribution >= 4 is 29.3 Å². The topological polar surface area (TPSA) is 120 Å². The Labute approximate surface area is 215 Å². The normalized spacial score (nSPS) is 18.2. The number of anilines is 1. The Bertz CT molecular complexity index is 1250. The van der Waals surface area contributed by atoms with Crippen molar-refractivity contribution in [3.8, 4) is 17.6 Å². The summed E-state index contributed by atoms with van der Waals surface area (Å²) < 4.78 is 5.79. The van der Waals surface area contributed by atoms with E-state index in [-0.39, 0.29) is 18.6 Å². The summed E-state index contributed by atoms with van der Waals surface area (Å²) in [6, 6.07) is 13.1. The van der Waals surface area contributed by atoms with Crippen molar-refractivity contribution in [3.63, 3.8) is 0 Å². The number of amides is 4. The minimum atomic E-state index is -1.04. The molecule has 10 heteroatoms. The van der Waals surface area contributed by atoms with Crippen molar-refractivity contribution in [3.05, 3.63) is 59.7 Å². The van der Waals surface area contributed by atoms with E-state index in [1.165, 1.54) is 4.90 Å².